The van der Waals surface area contributed by atoms with Crippen molar-refractivity contribution in [2.45, 2.75) is 19.9 Å². The topological polar surface area (TPSA) is 126 Å². The van der Waals surface area contributed by atoms with E-state index in [2.05, 4.69) is 15.0 Å². The number of rotatable bonds is 8. The molecule has 0 radical (unpaired) electrons. The Bertz CT molecular complexity index is 1260. The van der Waals surface area contributed by atoms with Gasteiger partial charge in [0.1, 0.15) is 22.4 Å². The number of fused-ring (bicyclic) bond motifs is 1. The predicted octanol–water partition coefficient (Wildman–Crippen LogP) is 2.56. The lowest BCUT2D eigenvalue weighted by atomic mass is 10.2. The maximum absolute atomic E-state index is 13.1. The number of amides is 1. The first kappa shape index (κ1) is 24.1. The van der Waals surface area contributed by atoms with Crippen LogP contribution in [0, 0.1) is 6.92 Å². The molecule has 1 amide bonds. The summed E-state index contributed by atoms with van der Waals surface area (Å²) in [7, 11) is 2.76. The SMILES string of the molecule is COCCOC(=O)c1sc2ncn(C(C)C(=O)Nc3cccc(C(=O)OC)c3)c(=O)c2c1C. The van der Waals surface area contributed by atoms with Crippen molar-refractivity contribution in [3.8, 4) is 0 Å². The third-order valence-electron chi connectivity index (χ3n) is 4.93. The number of carbonyl (C=O) groups is 3. The lowest BCUT2D eigenvalue weighted by molar-refractivity contribution is -0.118. The van der Waals surface area contributed by atoms with Crippen molar-refractivity contribution in [1.82, 2.24) is 9.55 Å². The fourth-order valence-corrected chi connectivity index (χ4v) is 4.14. The summed E-state index contributed by atoms with van der Waals surface area (Å²) in [4.78, 5) is 54.9. The van der Waals surface area contributed by atoms with E-state index in [1.54, 1.807) is 32.0 Å². The third-order valence-corrected chi connectivity index (χ3v) is 6.11. The number of methoxy groups -OCH3 is 2. The summed E-state index contributed by atoms with van der Waals surface area (Å²) in [6.45, 7) is 3.54. The van der Waals surface area contributed by atoms with Crippen LogP contribution in [0.25, 0.3) is 10.2 Å². The maximum Gasteiger partial charge on any atom is 0.348 e. The molecular weight excluding hydrogens is 450 g/mol. The second-order valence-electron chi connectivity index (χ2n) is 7.06. The number of anilines is 1. The van der Waals surface area contributed by atoms with Gasteiger partial charge >= 0.3 is 11.9 Å². The molecule has 11 heteroatoms. The van der Waals surface area contributed by atoms with Gasteiger partial charge in [0.05, 0.1) is 31.0 Å². The van der Waals surface area contributed by atoms with E-state index in [1.807, 2.05) is 0 Å². The molecule has 0 spiro atoms. The average molecular weight is 474 g/mol. The van der Waals surface area contributed by atoms with E-state index in [-0.39, 0.29) is 29.0 Å². The number of nitrogens with zero attached hydrogens (tertiary/aromatic N) is 2. The zero-order chi connectivity index (χ0) is 24.1. The molecule has 1 unspecified atom stereocenters. The molecule has 0 bridgehead atoms. The predicted molar refractivity (Wildman–Crippen MR) is 122 cm³/mol. The number of thiophene rings is 1. The van der Waals surface area contributed by atoms with Crippen molar-refractivity contribution < 1.29 is 28.6 Å². The van der Waals surface area contributed by atoms with Gasteiger partial charge in [0.2, 0.25) is 5.91 Å². The lowest BCUT2D eigenvalue weighted by Gasteiger charge is -2.15. The van der Waals surface area contributed by atoms with E-state index in [0.29, 0.717) is 16.1 Å². The van der Waals surface area contributed by atoms with Crippen LogP contribution in [-0.4, -0.2) is 54.8 Å². The van der Waals surface area contributed by atoms with E-state index in [0.717, 1.165) is 11.3 Å². The Hall–Kier alpha value is -3.57. The first-order chi connectivity index (χ1) is 15.8. The van der Waals surface area contributed by atoms with Gasteiger partial charge in [-0.25, -0.2) is 14.6 Å². The van der Waals surface area contributed by atoms with E-state index < -0.39 is 29.4 Å². The number of benzene rings is 1. The Balaban J connectivity index is 1.86. The fourth-order valence-electron chi connectivity index (χ4n) is 3.11. The number of esters is 2. The zero-order valence-corrected chi connectivity index (χ0v) is 19.4. The summed E-state index contributed by atoms with van der Waals surface area (Å²) >= 11 is 1.06. The number of carbonyl (C=O) groups excluding carboxylic acids is 3. The molecule has 0 aliphatic rings. The summed E-state index contributed by atoms with van der Waals surface area (Å²) in [5.74, 6) is -1.57. The maximum atomic E-state index is 13.1. The van der Waals surface area contributed by atoms with Crippen LogP contribution >= 0.6 is 11.3 Å². The van der Waals surface area contributed by atoms with Crippen molar-refractivity contribution in [1.29, 1.82) is 0 Å². The molecule has 0 saturated carbocycles. The second-order valence-corrected chi connectivity index (χ2v) is 8.06. The van der Waals surface area contributed by atoms with Gasteiger partial charge in [-0.05, 0) is 37.6 Å². The highest BCUT2D eigenvalue weighted by atomic mass is 32.1. The fraction of sp³-hybridized carbons (Fsp3) is 0.318. The Labute approximate surface area is 193 Å². The number of ether oxygens (including phenoxy) is 3. The highest BCUT2D eigenvalue weighted by molar-refractivity contribution is 7.20. The molecule has 2 aromatic heterocycles. The molecule has 2 heterocycles. The standard InChI is InChI=1S/C22H23N3O7S/c1-12-16-19(33-17(12)22(29)32-9-8-30-3)23-11-25(20(16)27)13(2)18(26)24-15-7-5-6-14(10-15)21(28)31-4/h5-7,10-11,13H,8-9H2,1-4H3,(H,24,26). The summed E-state index contributed by atoms with van der Waals surface area (Å²) in [5.41, 5.74) is 0.657. The number of hydrogen-bond acceptors (Lipinski definition) is 9. The van der Waals surface area contributed by atoms with E-state index in [9.17, 15) is 19.2 Å². The van der Waals surface area contributed by atoms with Gasteiger partial charge in [-0.15, -0.1) is 11.3 Å². The molecule has 0 aliphatic carbocycles. The highest BCUT2D eigenvalue weighted by Crippen LogP contribution is 2.28. The lowest BCUT2D eigenvalue weighted by Crippen LogP contribution is -2.31. The summed E-state index contributed by atoms with van der Waals surface area (Å²) in [6.07, 6.45) is 1.27. The Kier molecular flexibility index (Phi) is 7.56. The van der Waals surface area contributed by atoms with Crippen LogP contribution in [-0.2, 0) is 19.0 Å². The van der Waals surface area contributed by atoms with Crippen molar-refractivity contribution in [2.24, 2.45) is 0 Å². The minimum absolute atomic E-state index is 0.0923. The van der Waals surface area contributed by atoms with Gasteiger partial charge in [-0.3, -0.25) is 14.2 Å². The van der Waals surface area contributed by atoms with E-state index >= 15 is 0 Å². The third kappa shape index (κ3) is 5.10. The molecule has 3 aromatic rings. The van der Waals surface area contributed by atoms with E-state index in [1.165, 1.54) is 31.2 Å². The minimum atomic E-state index is -0.910. The highest BCUT2D eigenvalue weighted by Gasteiger charge is 2.23. The Morgan fingerprint density at radius 1 is 1.18 bits per heavy atom. The number of hydrogen-bond donors (Lipinski definition) is 1. The minimum Gasteiger partial charge on any atom is -0.465 e. The van der Waals surface area contributed by atoms with Crippen molar-refractivity contribution in [3.63, 3.8) is 0 Å². The van der Waals surface area contributed by atoms with Crippen LogP contribution < -0.4 is 10.9 Å². The Morgan fingerprint density at radius 2 is 1.94 bits per heavy atom. The molecule has 0 fully saturated rings. The average Bonchev–Trinajstić information content (AvgIpc) is 3.15. The quantitative estimate of drug-likeness (QED) is 0.391. The molecule has 0 saturated heterocycles. The first-order valence-corrected chi connectivity index (χ1v) is 10.8. The largest absolute Gasteiger partial charge is 0.465 e. The monoisotopic (exact) mass is 473 g/mol. The van der Waals surface area contributed by atoms with Gasteiger partial charge in [0, 0.05) is 12.8 Å². The van der Waals surface area contributed by atoms with Crippen LogP contribution in [0.3, 0.4) is 0 Å². The molecule has 1 atom stereocenters. The summed E-state index contributed by atoms with van der Waals surface area (Å²) < 4.78 is 15.9. The summed E-state index contributed by atoms with van der Waals surface area (Å²) in [6, 6.07) is 5.35. The normalized spacial score (nSPS) is 11.8. The van der Waals surface area contributed by atoms with Gasteiger partial charge < -0.3 is 19.5 Å². The molecule has 0 aliphatic heterocycles. The molecule has 1 aromatic carbocycles. The number of nitrogens with one attached hydrogen (secondary N) is 1. The first-order valence-electron chi connectivity index (χ1n) is 9.94. The van der Waals surface area contributed by atoms with Gasteiger partial charge in [0.15, 0.2) is 0 Å². The second kappa shape index (κ2) is 10.4. The van der Waals surface area contributed by atoms with Gasteiger partial charge in [-0.2, -0.15) is 0 Å². The van der Waals surface area contributed by atoms with Gasteiger partial charge in [-0.1, -0.05) is 6.07 Å². The molecular formula is C22H23N3O7S. The molecule has 3 rings (SSSR count). The Morgan fingerprint density at radius 3 is 2.64 bits per heavy atom. The van der Waals surface area contributed by atoms with Crippen LogP contribution in [0.1, 0.15) is 38.6 Å². The van der Waals surface area contributed by atoms with Crippen LogP contribution in [0.5, 0.6) is 0 Å². The van der Waals surface area contributed by atoms with Gasteiger partial charge in [0.25, 0.3) is 5.56 Å². The molecule has 1 N–H and O–H groups in total. The molecule has 174 valence electrons. The van der Waals surface area contributed by atoms with Crippen molar-refractivity contribution >= 4 is 45.1 Å². The number of aromatic nitrogens is 2. The van der Waals surface area contributed by atoms with Crippen LogP contribution in [0.15, 0.2) is 35.4 Å². The molecule has 10 nitrogen and oxygen atoms in total. The van der Waals surface area contributed by atoms with Crippen molar-refractivity contribution in [2.75, 3.05) is 32.8 Å². The zero-order valence-electron chi connectivity index (χ0n) is 18.5. The molecule has 33 heavy (non-hydrogen) atoms. The summed E-state index contributed by atoms with van der Waals surface area (Å²) in [5, 5.41) is 2.94. The van der Waals surface area contributed by atoms with Crippen LogP contribution in [0.2, 0.25) is 0 Å². The number of aryl methyl sites for hydroxylation is 1. The van der Waals surface area contributed by atoms with Crippen LogP contribution in [0.4, 0.5) is 5.69 Å². The smallest absolute Gasteiger partial charge is 0.348 e. The van der Waals surface area contributed by atoms with Crippen molar-refractivity contribution in [3.05, 3.63) is 57.0 Å². The van der Waals surface area contributed by atoms with E-state index in [4.69, 9.17) is 9.47 Å².